The van der Waals surface area contributed by atoms with E-state index >= 15 is 0 Å². The minimum atomic E-state index is -0.454. The van der Waals surface area contributed by atoms with Crippen molar-refractivity contribution in [3.8, 4) is 0 Å². The number of amides is 3. The van der Waals surface area contributed by atoms with E-state index in [1.807, 2.05) is 0 Å². The number of hydrogen-bond acceptors (Lipinski definition) is 7. The highest BCUT2D eigenvalue weighted by molar-refractivity contribution is 7.17. The van der Waals surface area contributed by atoms with Crippen LogP contribution in [0.25, 0.3) is 0 Å². The molecular weight excluding hydrogens is 454 g/mol. The number of carbonyl (C=O) groups excluding carboxylic acids is 4. The molecule has 0 unspecified atom stereocenters. The maximum absolute atomic E-state index is 13.1. The van der Waals surface area contributed by atoms with Gasteiger partial charge in [0.15, 0.2) is 0 Å². The SMILES string of the molecule is CCOC(=O)c1c(NC(=O)c2ccc(N3C(=O)CCC3=O)cc2)sc2c1CC(C)(C)NC2(C)C. The Morgan fingerprint density at radius 1 is 1.09 bits per heavy atom. The van der Waals surface area contributed by atoms with Gasteiger partial charge in [0.1, 0.15) is 5.00 Å². The molecule has 0 saturated carbocycles. The first kappa shape index (κ1) is 24.1. The van der Waals surface area contributed by atoms with E-state index in [-0.39, 0.29) is 48.2 Å². The first-order valence-electron chi connectivity index (χ1n) is 11.3. The molecule has 1 saturated heterocycles. The topological polar surface area (TPSA) is 105 Å². The van der Waals surface area contributed by atoms with Gasteiger partial charge in [-0.2, -0.15) is 0 Å². The lowest BCUT2D eigenvalue weighted by molar-refractivity contribution is -0.121. The quantitative estimate of drug-likeness (QED) is 0.492. The summed E-state index contributed by atoms with van der Waals surface area (Å²) in [5, 5.41) is 6.96. The van der Waals surface area contributed by atoms with Gasteiger partial charge in [0.2, 0.25) is 11.8 Å². The second kappa shape index (κ2) is 8.63. The monoisotopic (exact) mass is 483 g/mol. The van der Waals surface area contributed by atoms with Gasteiger partial charge in [-0.15, -0.1) is 11.3 Å². The fraction of sp³-hybridized carbons (Fsp3) is 0.440. The van der Waals surface area contributed by atoms with Crippen LogP contribution in [-0.4, -0.2) is 35.8 Å². The van der Waals surface area contributed by atoms with Gasteiger partial charge in [-0.3, -0.25) is 19.3 Å². The number of thiophene rings is 1. The Morgan fingerprint density at radius 2 is 1.71 bits per heavy atom. The predicted molar refractivity (Wildman–Crippen MR) is 130 cm³/mol. The van der Waals surface area contributed by atoms with Crippen molar-refractivity contribution in [1.29, 1.82) is 0 Å². The number of hydrogen-bond donors (Lipinski definition) is 2. The van der Waals surface area contributed by atoms with Crippen LogP contribution in [0.1, 0.15) is 78.6 Å². The van der Waals surface area contributed by atoms with E-state index in [1.54, 1.807) is 31.2 Å². The summed E-state index contributed by atoms with van der Waals surface area (Å²) in [5.74, 6) is -1.33. The van der Waals surface area contributed by atoms with Gasteiger partial charge in [-0.1, -0.05) is 0 Å². The van der Waals surface area contributed by atoms with Crippen LogP contribution in [0.15, 0.2) is 24.3 Å². The van der Waals surface area contributed by atoms with E-state index < -0.39 is 5.97 Å². The number of benzene rings is 1. The number of nitrogens with one attached hydrogen (secondary N) is 2. The summed E-state index contributed by atoms with van der Waals surface area (Å²) in [4.78, 5) is 52.1. The first-order chi connectivity index (χ1) is 15.9. The fourth-order valence-corrected chi connectivity index (χ4v) is 6.10. The van der Waals surface area contributed by atoms with Gasteiger partial charge in [0.05, 0.1) is 17.9 Å². The van der Waals surface area contributed by atoms with Crippen molar-refractivity contribution in [1.82, 2.24) is 5.32 Å². The molecule has 0 atom stereocenters. The van der Waals surface area contributed by atoms with Crippen LogP contribution in [0, 0.1) is 0 Å². The number of rotatable bonds is 5. The van der Waals surface area contributed by atoms with Crippen molar-refractivity contribution in [2.24, 2.45) is 0 Å². The van der Waals surface area contributed by atoms with Crippen LogP contribution in [0.5, 0.6) is 0 Å². The van der Waals surface area contributed by atoms with Crippen LogP contribution < -0.4 is 15.5 Å². The number of carbonyl (C=O) groups is 4. The molecule has 0 aliphatic carbocycles. The summed E-state index contributed by atoms with van der Waals surface area (Å²) < 4.78 is 5.34. The van der Waals surface area contributed by atoms with Crippen LogP contribution in [0.4, 0.5) is 10.7 Å². The van der Waals surface area contributed by atoms with E-state index in [0.29, 0.717) is 28.2 Å². The summed E-state index contributed by atoms with van der Waals surface area (Å²) in [6, 6.07) is 6.29. The Hall–Kier alpha value is -3.04. The molecule has 2 aromatic rings. The predicted octanol–water partition coefficient (Wildman–Crippen LogP) is 3.99. The zero-order valence-corrected chi connectivity index (χ0v) is 20.9. The van der Waals surface area contributed by atoms with Crippen LogP contribution in [-0.2, 0) is 26.3 Å². The molecule has 1 aromatic carbocycles. The van der Waals surface area contributed by atoms with Crippen LogP contribution >= 0.6 is 11.3 Å². The highest BCUT2D eigenvalue weighted by Gasteiger charge is 2.42. The zero-order valence-electron chi connectivity index (χ0n) is 20.0. The van der Waals surface area contributed by atoms with E-state index in [4.69, 9.17) is 4.74 Å². The Kier molecular flexibility index (Phi) is 6.12. The number of imide groups is 1. The third-order valence-corrected chi connectivity index (χ3v) is 7.46. The second-order valence-electron chi connectivity index (χ2n) is 9.77. The minimum Gasteiger partial charge on any atom is -0.462 e. The molecule has 8 nitrogen and oxygen atoms in total. The van der Waals surface area contributed by atoms with E-state index in [9.17, 15) is 19.2 Å². The summed E-state index contributed by atoms with van der Waals surface area (Å²) in [6.45, 7) is 10.3. The van der Waals surface area contributed by atoms with Gasteiger partial charge < -0.3 is 15.4 Å². The average molecular weight is 484 g/mol. The molecule has 0 bridgehead atoms. The molecule has 34 heavy (non-hydrogen) atoms. The van der Waals surface area contributed by atoms with Gasteiger partial charge in [0.25, 0.3) is 5.91 Å². The zero-order chi connectivity index (χ0) is 24.8. The van der Waals surface area contributed by atoms with E-state index in [0.717, 1.165) is 15.3 Å². The lowest BCUT2D eigenvalue weighted by Gasteiger charge is -2.42. The lowest BCUT2D eigenvalue weighted by atomic mass is 9.81. The highest BCUT2D eigenvalue weighted by Crippen LogP contribution is 2.45. The maximum atomic E-state index is 13.1. The number of anilines is 2. The molecule has 4 rings (SSSR count). The Labute approximate surface area is 202 Å². The molecular formula is C25H29N3O5S. The number of nitrogens with zero attached hydrogens (tertiary/aromatic N) is 1. The van der Waals surface area contributed by atoms with Gasteiger partial charge in [0, 0.05) is 34.4 Å². The van der Waals surface area contributed by atoms with Crippen LogP contribution in [0.3, 0.4) is 0 Å². The number of fused-ring (bicyclic) bond motifs is 1. The summed E-state index contributed by atoms with van der Waals surface area (Å²) in [5.41, 5.74) is 1.47. The standard InChI is InChI=1S/C25H29N3O5S/c1-6-33-23(32)19-16-13-24(2,3)27-25(4,5)20(16)34-22(19)26-21(31)14-7-9-15(10-8-14)28-17(29)11-12-18(28)30/h7-10,27H,6,11-13H2,1-5H3,(H,26,31). The van der Waals surface area contributed by atoms with Crippen molar-refractivity contribution in [3.05, 3.63) is 45.8 Å². The van der Waals surface area contributed by atoms with Crippen molar-refractivity contribution in [3.63, 3.8) is 0 Å². The number of esters is 1. The third-order valence-electron chi connectivity index (χ3n) is 5.99. The van der Waals surface area contributed by atoms with Gasteiger partial charge in [-0.05, 0) is 70.9 Å². The molecule has 3 heterocycles. The number of ether oxygens (including phenoxy) is 1. The van der Waals surface area contributed by atoms with Gasteiger partial charge >= 0.3 is 5.97 Å². The first-order valence-corrected chi connectivity index (χ1v) is 12.1. The Balaban J connectivity index is 1.65. The van der Waals surface area contributed by atoms with Gasteiger partial charge in [-0.25, -0.2) is 4.79 Å². The van der Waals surface area contributed by atoms with Crippen LogP contribution in [0.2, 0.25) is 0 Å². The molecule has 1 fully saturated rings. The molecule has 3 amide bonds. The van der Waals surface area contributed by atoms with Crippen molar-refractivity contribution in [2.75, 3.05) is 16.8 Å². The largest absolute Gasteiger partial charge is 0.462 e. The molecule has 0 spiro atoms. The maximum Gasteiger partial charge on any atom is 0.341 e. The second-order valence-corrected chi connectivity index (χ2v) is 10.8. The molecule has 0 radical (unpaired) electrons. The molecule has 180 valence electrons. The molecule has 2 N–H and O–H groups in total. The summed E-state index contributed by atoms with van der Waals surface area (Å²) >= 11 is 1.38. The Bertz CT molecular complexity index is 1160. The lowest BCUT2D eigenvalue weighted by Crippen LogP contribution is -2.55. The van der Waals surface area contributed by atoms with Crippen molar-refractivity contribution in [2.45, 2.75) is 65.0 Å². The van der Waals surface area contributed by atoms with E-state index in [1.165, 1.54) is 11.3 Å². The molecule has 2 aliphatic rings. The van der Waals surface area contributed by atoms with Crippen molar-refractivity contribution < 1.29 is 23.9 Å². The molecule has 2 aliphatic heterocycles. The summed E-state index contributed by atoms with van der Waals surface area (Å²) in [7, 11) is 0. The average Bonchev–Trinajstić information content (AvgIpc) is 3.26. The minimum absolute atomic E-state index is 0.197. The smallest absolute Gasteiger partial charge is 0.341 e. The molecule has 9 heteroatoms. The van der Waals surface area contributed by atoms with Crippen molar-refractivity contribution >= 4 is 45.7 Å². The van der Waals surface area contributed by atoms with E-state index in [2.05, 4.69) is 38.3 Å². The highest BCUT2D eigenvalue weighted by atomic mass is 32.1. The fourth-order valence-electron chi connectivity index (χ4n) is 4.84. The third kappa shape index (κ3) is 4.37. The normalized spacial score (nSPS) is 18.6. The Morgan fingerprint density at radius 3 is 2.29 bits per heavy atom. The summed E-state index contributed by atoms with van der Waals surface area (Å²) in [6.07, 6.45) is 1.02. The molecule has 1 aromatic heterocycles.